The number of hydrogen-bond donors (Lipinski definition) is 2. The van der Waals surface area contributed by atoms with E-state index in [0.29, 0.717) is 23.9 Å². The van der Waals surface area contributed by atoms with E-state index in [0.717, 1.165) is 48.0 Å². The first-order chi connectivity index (χ1) is 19.8. The highest BCUT2D eigenvalue weighted by molar-refractivity contribution is 6.04. The Labute approximate surface area is 238 Å². The second-order valence-electron chi connectivity index (χ2n) is 10.7. The van der Waals surface area contributed by atoms with Gasteiger partial charge in [0, 0.05) is 29.6 Å². The number of imidazole rings is 1. The number of methoxy groups -OCH3 is 1. The van der Waals surface area contributed by atoms with E-state index >= 15 is 0 Å². The lowest BCUT2D eigenvalue weighted by Gasteiger charge is -2.30. The summed E-state index contributed by atoms with van der Waals surface area (Å²) in [5.74, 6) is 1.15. The van der Waals surface area contributed by atoms with Gasteiger partial charge in [-0.15, -0.1) is 0 Å². The summed E-state index contributed by atoms with van der Waals surface area (Å²) in [6.45, 7) is 4.31. The lowest BCUT2D eigenvalue weighted by molar-refractivity contribution is -0.126. The van der Waals surface area contributed by atoms with Gasteiger partial charge in [-0.2, -0.15) is 0 Å². The predicted octanol–water partition coefficient (Wildman–Crippen LogP) is 6.27. The van der Waals surface area contributed by atoms with Crippen molar-refractivity contribution in [1.82, 2.24) is 14.9 Å². The molecule has 1 aliphatic rings. The maximum atomic E-state index is 13.4. The molecule has 1 heterocycles. The number of amides is 2. The molecule has 214 valence electrons. The molecule has 1 fully saturated rings. The van der Waals surface area contributed by atoms with Gasteiger partial charge in [0.25, 0.3) is 5.91 Å². The minimum Gasteiger partial charge on any atom is -0.497 e. The maximum Gasteiger partial charge on any atom is 0.257 e. The van der Waals surface area contributed by atoms with Crippen LogP contribution in [-0.2, 0) is 11.4 Å². The highest BCUT2D eigenvalue weighted by Gasteiger charge is 2.30. The fourth-order valence-corrected chi connectivity index (χ4v) is 5.28. The number of nitrogens with zero attached hydrogens (tertiary/aromatic N) is 2. The molecule has 4 aromatic rings. The van der Waals surface area contributed by atoms with Gasteiger partial charge in [-0.05, 0) is 93.6 Å². The smallest absolute Gasteiger partial charge is 0.257 e. The van der Waals surface area contributed by atoms with Crippen molar-refractivity contribution < 1.29 is 23.5 Å². The van der Waals surface area contributed by atoms with Gasteiger partial charge in [0.15, 0.2) is 0 Å². The normalized spacial score (nSPS) is 16.9. The zero-order valence-corrected chi connectivity index (χ0v) is 23.5. The van der Waals surface area contributed by atoms with Crippen LogP contribution < -0.4 is 20.1 Å². The summed E-state index contributed by atoms with van der Waals surface area (Å²) >= 11 is 0. The minimum absolute atomic E-state index is 0.0310. The summed E-state index contributed by atoms with van der Waals surface area (Å²) < 4.78 is 26.8. The van der Waals surface area contributed by atoms with Gasteiger partial charge in [0.05, 0.1) is 18.1 Å². The third-order valence-corrected chi connectivity index (χ3v) is 7.42. The average Bonchev–Trinajstić information content (AvgIpc) is 3.33. The summed E-state index contributed by atoms with van der Waals surface area (Å²) in [5, 5.41) is 5.97. The van der Waals surface area contributed by atoms with Gasteiger partial charge in [0.1, 0.15) is 23.9 Å². The lowest BCUT2D eigenvalue weighted by Crippen LogP contribution is -2.37. The van der Waals surface area contributed by atoms with Crippen LogP contribution in [0, 0.1) is 11.7 Å². The Morgan fingerprint density at radius 3 is 2.32 bits per heavy atom. The second-order valence-corrected chi connectivity index (χ2v) is 10.7. The molecule has 0 aliphatic heterocycles. The Bertz CT molecular complexity index is 1510. The predicted molar refractivity (Wildman–Crippen MR) is 156 cm³/mol. The zero-order valence-electron chi connectivity index (χ0n) is 23.5. The number of fused-ring (bicyclic) bond motifs is 1. The molecule has 8 nitrogen and oxygen atoms in total. The number of hydrogen-bond acceptors (Lipinski definition) is 5. The molecular weight excluding hydrogens is 523 g/mol. The molecule has 2 amide bonds. The highest BCUT2D eigenvalue weighted by atomic mass is 19.1. The lowest BCUT2D eigenvalue weighted by atomic mass is 9.85. The third kappa shape index (κ3) is 6.67. The molecule has 1 aliphatic carbocycles. The Morgan fingerprint density at radius 1 is 0.976 bits per heavy atom. The topological polar surface area (TPSA) is 94.5 Å². The van der Waals surface area contributed by atoms with Crippen LogP contribution in [0.15, 0.2) is 66.7 Å². The van der Waals surface area contributed by atoms with Crippen LogP contribution in [0.25, 0.3) is 11.0 Å². The van der Waals surface area contributed by atoms with E-state index in [2.05, 4.69) is 10.6 Å². The number of carbonyl (C=O) groups is 2. The number of carbonyl (C=O) groups excluding carboxylic acids is 2. The quantitative estimate of drug-likeness (QED) is 0.253. The van der Waals surface area contributed by atoms with Crippen LogP contribution in [0.1, 0.15) is 61.5 Å². The molecular formula is C32H35FN4O4. The van der Waals surface area contributed by atoms with Crippen molar-refractivity contribution >= 4 is 28.8 Å². The van der Waals surface area contributed by atoms with Crippen molar-refractivity contribution in [3.63, 3.8) is 0 Å². The van der Waals surface area contributed by atoms with Crippen LogP contribution >= 0.6 is 0 Å². The molecule has 1 aromatic heterocycles. The highest BCUT2D eigenvalue weighted by Crippen LogP contribution is 2.38. The number of anilines is 1. The van der Waals surface area contributed by atoms with Crippen molar-refractivity contribution in [1.29, 1.82) is 0 Å². The molecule has 0 spiro atoms. The Kier molecular flexibility index (Phi) is 8.52. The van der Waals surface area contributed by atoms with Gasteiger partial charge >= 0.3 is 0 Å². The molecule has 5 rings (SSSR count). The first-order valence-electron chi connectivity index (χ1n) is 14.0. The number of benzene rings is 3. The van der Waals surface area contributed by atoms with Gasteiger partial charge < -0.3 is 19.4 Å². The first-order valence-corrected chi connectivity index (χ1v) is 14.0. The molecule has 2 N–H and O–H groups in total. The standard InChI is InChI=1S/C32H35FN4O4/c1-20(2)34-30(38)23-8-12-25(13-9-23)37-29-18-27(41-19-21-4-14-26(40-3)15-5-21)16-17-28(29)35-32(37)36-31(39)22-6-10-24(33)11-7-22/h4-7,10-11,14-18,20,23,25H,8-9,12-13,19H2,1-3H3,(H,34,38)(H,35,36,39). The summed E-state index contributed by atoms with van der Waals surface area (Å²) in [4.78, 5) is 30.5. The molecule has 3 aromatic carbocycles. The SMILES string of the molecule is COc1ccc(COc2ccc3nc(NC(=O)c4ccc(F)cc4)n(C4CCC(C(=O)NC(C)C)CC4)c3c2)cc1. The van der Waals surface area contributed by atoms with E-state index < -0.39 is 5.82 Å². The van der Waals surface area contributed by atoms with E-state index in [1.807, 2.05) is 60.9 Å². The third-order valence-electron chi connectivity index (χ3n) is 7.42. The van der Waals surface area contributed by atoms with Gasteiger partial charge in [-0.25, -0.2) is 9.37 Å². The Balaban J connectivity index is 1.41. The van der Waals surface area contributed by atoms with Gasteiger partial charge in [0.2, 0.25) is 11.9 Å². The van der Waals surface area contributed by atoms with Crippen LogP contribution in [-0.4, -0.2) is 34.5 Å². The minimum atomic E-state index is -0.408. The number of nitrogens with one attached hydrogen (secondary N) is 2. The molecule has 0 radical (unpaired) electrons. The first kappa shape index (κ1) is 28.1. The second kappa shape index (κ2) is 12.4. The number of halogens is 1. The Hall–Kier alpha value is -4.40. The molecule has 0 bridgehead atoms. The maximum absolute atomic E-state index is 13.4. The summed E-state index contributed by atoms with van der Waals surface area (Å²) in [5.41, 5.74) is 2.89. The molecule has 0 unspecified atom stereocenters. The van der Waals surface area contributed by atoms with Gasteiger partial charge in [-0.1, -0.05) is 12.1 Å². The monoisotopic (exact) mass is 558 g/mol. The summed E-state index contributed by atoms with van der Waals surface area (Å²) in [6.07, 6.45) is 3.00. The summed E-state index contributed by atoms with van der Waals surface area (Å²) in [6, 6.07) is 18.9. The molecule has 9 heteroatoms. The fraction of sp³-hybridized carbons (Fsp3) is 0.344. The van der Waals surface area contributed by atoms with E-state index in [-0.39, 0.29) is 29.8 Å². The zero-order chi connectivity index (χ0) is 28.9. The van der Waals surface area contributed by atoms with Gasteiger partial charge in [-0.3, -0.25) is 14.9 Å². The van der Waals surface area contributed by atoms with Crippen molar-refractivity contribution in [2.24, 2.45) is 5.92 Å². The number of aromatic nitrogens is 2. The van der Waals surface area contributed by atoms with Crippen LogP contribution in [0.2, 0.25) is 0 Å². The van der Waals surface area contributed by atoms with Crippen LogP contribution in [0.3, 0.4) is 0 Å². The summed E-state index contributed by atoms with van der Waals surface area (Å²) in [7, 11) is 1.63. The van der Waals surface area contributed by atoms with E-state index in [4.69, 9.17) is 14.5 Å². The number of ether oxygens (including phenoxy) is 2. The van der Waals surface area contributed by atoms with Crippen molar-refractivity contribution in [3.8, 4) is 11.5 Å². The van der Waals surface area contributed by atoms with Crippen molar-refractivity contribution in [2.75, 3.05) is 12.4 Å². The van der Waals surface area contributed by atoms with Crippen molar-refractivity contribution in [3.05, 3.63) is 83.7 Å². The molecule has 0 atom stereocenters. The Morgan fingerprint density at radius 2 is 1.66 bits per heavy atom. The van der Waals surface area contributed by atoms with E-state index in [9.17, 15) is 14.0 Å². The van der Waals surface area contributed by atoms with E-state index in [1.165, 1.54) is 24.3 Å². The number of rotatable bonds is 9. The molecule has 1 saturated carbocycles. The van der Waals surface area contributed by atoms with Crippen LogP contribution in [0.4, 0.5) is 10.3 Å². The average molecular weight is 559 g/mol. The molecule has 41 heavy (non-hydrogen) atoms. The molecule has 0 saturated heterocycles. The largest absolute Gasteiger partial charge is 0.497 e. The fourth-order valence-electron chi connectivity index (χ4n) is 5.28. The van der Waals surface area contributed by atoms with E-state index in [1.54, 1.807) is 7.11 Å². The van der Waals surface area contributed by atoms with Crippen LogP contribution in [0.5, 0.6) is 11.5 Å². The van der Waals surface area contributed by atoms with Crippen molar-refractivity contribution in [2.45, 2.75) is 58.2 Å².